The summed E-state index contributed by atoms with van der Waals surface area (Å²) >= 11 is 0. The lowest BCUT2D eigenvalue weighted by atomic mass is 9.91. The normalized spacial score (nSPS) is 19.1. The summed E-state index contributed by atoms with van der Waals surface area (Å²) in [6.45, 7) is 4.91. The van der Waals surface area contributed by atoms with Crippen molar-refractivity contribution in [1.82, 2.24) is 0 Å². The Bertz CT molecular complexity index is 660. The van der Waals surface area contributed by atoms with Gasteiger partial charge in [0.15, 0.2) is 5.78 Å². The maximum absolute atomic E-state index is 11.6. The fraction of sp³-hybridized carbons (Fsp3) is 0.316. The van der Waals surface area contributed by atoms with Gasteiger partial charge in [0, 0.05) is 17.4 Å². The lowest BCUT2D eigenvalue weighted by Gasteiger charge is -2.16. The van der Waals surface area contributed by atoms with Crippen molar-refractivity contribution in [2.24, 2.45) is 5.41 Å². The smallest absolute Gasteiger partial charge is 0.163 e. The molecule has 2 nitrogen and oxygen atoms in total. The molecule has 0 N–H and O–H groups in total. The lowest BCUT2D eigenvalue weighted by molar-refractivity contribution is 0.0994. The number of fused-ring (bicyclic) bond motifs is 1. The van der Waals surface area contributed by atoms with E-state index in [0.717, 1.165) is 23.3 Å². The van der Waals surface area contributed by atoms with Crippen LogP contribution in [0.1, 0.15) is 36.2 Å². The van der Waals surface area contributed by atoms with Gasteiger partial charge in [0.25, 0.3) is 0 Å². The monoisotopic (exact) mass is 280 g/mol. The van der Waals surface area contributed by atoms with E-state index in [1.807, 2.05) is 24.3 Å². The van der Waals surface area contributed by atoms with Crippen LogP contribution in [0, 0.1) is 5.41 Å². The first-order chi connectivity index (χ1) is 10.0. The van der Waals surface area contributed by atoms with Gasteiger partial charge in [-0.3, -0.25) is 4.79 Å². The van der Waals surface area contributed by atoms with Gasteiger partial charge < -0.3 is 4.74 Å². The summed E-state index contributed by atoms with van der Waals surface area (Å²) < 4.78 is 5.90. The number of Topliss-reactive ketones (excluding diaryl/α,β-unsaturated/α-hetero) is 1. The summed E-state index contributed by atoms with van der Waals surface area (Å²) in [7, 11) is 0. The highest BCUT2D eigenvalue weighted by Gasteiger charge is 2.19. The molecule has 0 atom stereocenters. The van der Waals surface area contributed by atoms with Crippen LogP contribution in [0.15, 0.2) is 54.2 Å². The number of allylic oxidation sites excluding steroid dienone is 4. The summed E-state index contributed by atoms with van der Waals surface area (Å²) in [4.78, 5) is 11.6. The highest BCUT2D eigenvalue weighted by Crippen LogP contribution is 2.27. The highest BCUT2D eigenvalue weighted by atomic mass is 16.5. The van der Waals surface area contributed by atoms with Gasteiger partial charge in [-0.2, -0.15) is 0 Å². The van der Waals surface area contributed by atoms with Gasteiger partial charge in [-0.1, -0.05) is 44.2 Å². The van der Waals surface area contributed by atoms with Gasteiger partial charge in [0.2, 0.25) is 0 Å². The van der Waals surface area contributed by atoms with E-state index < -0.39 is 0 Å². The third-order valence-corrected chi connectivity index (χ3v) is 3.91. The Morgan fingerprint density at radius 2 is 2.05 bits per heavy atom. The Hall–Kier alpha value is -2.09. The molecule has 2 heteroatoms. The molecule has 0 saturated carbocycles. The van der Waals surface area contributed by atoms with E-state index in [9.17, 15) is 4.79 Å². The molecule has 3 rings (SSSR count). The number of ether oxygens (including phenoxy) is 1. The lowest BCUT2D eigenvalue weighted by Crippen LogP contribution is -2.07. The van der Waals surface area contributed by atoms with Crippen LogP contribution in [0.4, 0.5) is 0 Å². The van der Waals surface area contributed by atoms with Gasteiger partial charge in [-0.05, 0) is 35.8 Å². The van der Waals surface area contributed by atoms with Gasteiger partial charge in [0.05, 0.1) is 0 Å². The number of carbonyl (C=O) groups is 1. The molecular weight excluding hydrogens is 260 g/mol. The Morgan fingerprint density at radius 3 is 2.90 bits per heavy atom. The summed E-state index contributed by atoms with van der Waals surface area (Å²) in [5.74, 6) is 1.09. The second kappa shape index (κ2) is 5.36. The van der Waals surface area contributed by atoms with Crippen molar-refractivity contribution in [2.75, 3.05) is 6.61 Å². The molecular formula is C19H20O2. The van der Waals surface area contributed by atoms with Crippen LogP contribution >= 0.6 is 0 Å². The SMILES string of the molecule is CC1(C)C=CC=CC(COc2ccc3c(c2)CCC3=O)=C1. The second-order valence-corrected chi connectivity index (χ2v) is 6.29. The van der Waals surface area contributed by atoms with E-state index >= 15 is 0 Å². The zero-order chi connectivity index (χ0) is 14.9. The number of benzene rings is 1. The molecule has 1 aromatic rings. The quantitative estimate of drug-likeness (QED) is 0.826. The number of ketones is 1. The van der Waals surface area contributed by atoms with Crippen molar-refractivity contribution in [3.8, 4) is 5.75 Å². The van der Waals surface area contributed by atoms with Crippen LogP contribution < -0.4 is 4.74 Å². The van der Waals surface area contributed by atoms with E-state index in [-0.39, 0.29) is 11.2 Å². The van der Waals surface area contributed by atoms with E-state index in [4.69, 9.17) is 4.74 Å². The predicted molar refractivity (Wildman–Crippen MR) is 84.7 cm³/mol. The Morgan fingerprint density at radius 1 is 1.19 bits per heavy atom. The zero-order valence-corrected chi connectivity index (χ0v) is 12.6. The first-order valence-corrected chi connectivity index (χ1v) is 7.40. The molecule has 108 valence electrons. The van der Waals surface area contributed by atoms with Gasteiger partial charge >= 0.3 is 0 Å². The molecule has 2 aliphatic rings. The van der Waals surface area contributed by atoms with E-state index in [0.29, 0.717) is 13.0 Å². The molecule has 0 radical (unpaired) electrons. The molecule has 2 aliphatic carbocycles. The Balaban J connectivity index is 1.71. The molecule has 0 aliphatic heterocycles. The van der Waals surface area contributed by atoms with Crippen molar-refractivity contribution in [3.05, 3.63) is 65.3 Å². The fourth-order valence-electron chi connectivity index (χ4n) is 2.83. The molecule has 0 fully saturated rings. The number of hydrogen-bond donors (Lipinski definition) is 0. The average Bonchev–Trinajstić information content (AvgIpc) is 2.71. The maximum Gasteiger partial charge on any atom is 0.163 e. The average molecular weight is 280 g/mol. The maximum atomic E-state index is 11.6. The molecule has 0 heterocycles. The molecule has 0 aromatic heterocycles. The zero-order valence-electron chi connectivity index (χ0n) is 12.6. The van der Waals surface area contributed by atoms with Crippen molar-refractivity contribution in [3.63, 3.8) is 0 Å². The van der Waals surface area contributed by atoms with Crippen LogP contribution in [-0.4, -0.2) is 12.4 Å². The molecule has 0 bridgehead atoms. The Kier molecular flexibility index (Phi) is 3.54. The summed E-state index contributed by atoms with van der Waals surface area (Å²) in [5, 5.41) is 0. The number of hydrogen-bond acceptors (Lipinski definition) is 2. The van der Waals surface area contributed by atoms with Crippen LogP contribution in [0.3, 0.4) is 0 Å². The van der Waals surface area contributed by atoms with E-state index in [1.165, 1.54) is 5.57 Å². The summed E-state index contributed by atoms with van der Waals surface area (Å²) in [6.07, 6.45) is 12.1. The second-order valence-electron chi connectivity index (χ2n) is 6.29. The van der Waals surface area contributed by atoms with Gasteiger partial charge in [-0.15, -0.1) is 0 Å². The topological polar surface area (TPSA) is 26.3 Å². The standard InChI is InChI=1S/C19H20O2/c1-19(2)10-4-3-5-14(12-19)13-21-16-7-8-17-15(11-16)6-9-18(17)20/h3-5,7-8,10-12H,6,9,13H2,1-2H3. The molecule has 0 unspecified atom stereocenters. The van der Waals surface area contributed by atoms with Crippen molar-refractivity contribution >= 4 is 5.78 Å². The summed E-state index contributed by atoms with van der Waals surface area (Å²) in [5.41, 5.74) is 3.19. The van der Waals surface area contributed by atoms with E-state index in [1.54, 1.807) is 0 Å². The van der Waals surface area contributed by atoms with Crippen LogP contribution in [0.5, 0.6) is 5.75 Å². The number of carbonyl (C=O) groups excluding carboxylic acids is 1. The summed E-state index contributed by atoms with van der Waals surface area (Å²) in [6, 6.07) is 5.79. The minimum atomic E-state index is 0.0482. The predicted octanol–water partition coefficient (Wildman–Crippen LogP) is 4.27. The fourth-order valence-corrected chi connectivity index (χ4v) is 2.83. The van der Waals surface area contributed by atoms with Crippen LogP contribution in [-0.2, 0) is 6.42 Å². The molecule has 1 aromatic carbocycles. The molecule has 21 heavy (non-hydrogen) atoms. The molecule has 0 saturated heterocycles. The van der Waals surface area contributed by atoms with Crippen LogP contribution in [0.25, 0.3) is 0 Å². The molecule has 0 spiro atoms. The van der Waals surface area contributed by atoms with E-state index in [2.05, 4.69) is 38.2 Å². The van der Waals surface area contributed by atoms with Gasteiger partial charge in [0.1, 0.15) is 12.4 Å². The minimum Gasteiger partial charge on any atom is -0.489 e. The minimum absolute atomic E-state index is 0.0482. The first kappa shape index (κ1) is 13.9. The number of rotatable bonds is 3. The van der Waals surface area contributed by atoms with Crippen LogP contribution in [0.2, 0.25) is 0 Å². The van der Waals surface area contributed by atoms with Crippen molar-refractivity contribution in [2.45, 2.75) is 26.7 Å². The Labute approximate surface area is 125 Å². The molecule has 0 amide bonds. The third-order valence-electron chi connectivity index (χ3n) is 3.91. The largest absolute Gasteiger partial charge is 0.489 e. The van der Waals surface area contributed by atoms with Gasteiger partial charge in [-0.25, -0.2) is 0 Å². The number of aryl methyl sites for hydroxylation is 1. The highest BCUT2D eigenvalue weighted by molar-refractivity contribution is 6.00. The van der Waals surface area contributed by atoms with Crippen molar-refractivity contribution in [1.29, 1.82) is 0 Å². The first-order valence-electron chi connectivity index (χ1n) is 7.40. The van der Waals surface area contributed by atoms with Crippen molar-refractivity contribution < 1.29 is 9.53 Å². The third kappa shape index (κ3) is 3.15.